The molecule has 1 aliphatic rings. The Kier molecular flexibility index (Phi) is 4.20. The van der Waals surface area contributed by atoms with E-state index in [4.69, 9.17) is 5.73 Å². The van der Waals surface area contributed by atoms with Crippen LogP contribution in [0.15, 0.2) is 24.5 Å². The molecule has 1 amide bonds. The summed E-state index contributed by atoms with van der Waals surface area (Å²) in [6, 6.07) is 4.28. The van der Waals surface area contributed by atoms with Crippen LogP contribution < -0.4 is 5.73 Å². The zero-order valence-electron chi connectivity index (χ0n) is 11.8. The maximum Gasteiger partial charge on any atom is 0.242 e. The lowest BCUT2D eigenvalue weighted by Gasteiger charge is -2.32. The molecular weight excluding hydrogens is 238 g/mol. The molecule has 0 bridgehead atoms. The van der Waals surface area contributed by atoms with Gasteiger partial charge in [0.25, 0.3) is 0 Å². The van der Waals surface area contributed by atoms with Crippen molar-refractivity contribution in [3.63, 3.8) is 0 Å². The molecule has 1 fully saturated rings. The van der Waals surface area contributed by atoms with Crippen LogP contribution in [0.3, 0.4) is 0 Å². The van der Waals surface area contributed by atoms with Crippen molar-refractivity contribution in [1.29, 1.82) is 0 Å². The lowest BCUT2D eigenvalue weighted by atomic mass is 9.95. The molecule has 1 heterocycles. The molecular formula is C15H23N3O. The van der Waals surface area contributed by atoms with Crippen LogP contribution in [0.4, 0.5) is 0 Å². The van der Waals surface area contributed by atoms with Gasteiger partial charge in [0, 0.05) is 25.0 Å². The zero-order valence-corrected chi connectivity index (χ0v) is 11.8. The first-order valence-corrected chi connectivity index (χ1v) is 7.03. The predicted octanol–water partition coefficient (Wildman–Crippen LogP) is 2.09. The molecule has 0 aliphatic heterocycles. The van der Waals surface area contributed by atoms with Crippen LogP contribution >= 0.6 is 0 Å². The molecule has 0 radical (unpaired) electrons. The van der Waals surface area contributed by atoms with Crippen molar-refractivity contribution in [3.8, 4) is 0 Å². The first kappa shape index (κ1) is 14.0. The minimum Gasteiger partial charge on any atom is -0.334 e. The minimum absolute atomic E-state index is 0.0775. The maximum atomic E-state index is 12.6. The SMILES string of the molecule is CCCC(C)(N)C(=O)N(Cc1ccncc1)C1CC1. The fraction of sp³-hybridized carbons (Fsp3) is 0.600. The maximum absolute atomic E-state index is 12.6. The third kappa shape index (κ3) is 3.53. The predicted molar refractivity (Wildman–Crippen MR) is 75.3 cm³/mol. The number of carbonyl (C=O) groups is 1. The highest BCUT2D eigenvalue weighted by molar-refractivity contribution is 5.86. The van der Waals surface area contributed by atoms with E-state index in [0.29, 0.717) is 12.6 Å². The van der Waals surface area contributed by atoms with Crippen LogP contribution in [0.25, 0.3) is 0 Å². The summed E-state index contributed by atoms with van der Waals surface area (Å²) in [6.07, 6.45) is 7.37. The van der Waals surface area contributed by atoms with E-state index in [0.717, 1.165) is 31.2 Å². The Hall–Kier alpha value is -1.42. The third-order valence-corrected chi connectivity index (χ3v) is 3.61. The fourth-order valence-electron chi connectivity index (χ4n) is 2.39. The van der Waals surface area contributed by atoms with Crippen LogP contribution in [0.1, 0.15) is 45.1 Å². The second-order valence-electron chi connectivity index (χ2n) is 5.69. The number of aromatic nitrogens is 1. The van der Waals surface area contributed by atoms with Crippen molar-refractivity contribution in [3.05, 3.63) is 30.1 Å². The molecule has 19 heavy (non-hydrogen) atoms. The number of pyridine rings is 1. The van der Waals surface area contributed by atoms with E-state index < -0.39 is 5.54 Å². The number of amides is 1. The van der Waals surface area contributed by atoms with E-state index >= 15 is 0 Å². The highest BCUT2D eigenvalue weighted by atomic mass is 16.2. The number of hydrogen-bond acceptors (Lipinski definition) is 3. The first-order valence-electron chi connectivity index (χ1n) is 7.03. The lowest BCUT2D eigenvalue weighted by molar-refractivity contribution is -0.138. The van der Waals surface area contributed by atoms with E-state index in [9.17, 15) is 4.79 Å². The van der Waals surface area contributed by atoms with Crippen molar-refractivity contribution in [1.82, 2.24) is 9.88 Å². The van der Waals surface area contributed by atoms with Gasteiger partial charge >= 0.3 is 0 Å². The molecule has 0 aromatic carbocycles. The number of rotatable bonds is 6. The molecule has 4 nitrogen and oxygen atoms in total. The van der Waals surface area contributed by atoms with E-state index in [1.165, 1.54) is 0 Å². The Morgan fingerprint density at radius 3 is 2.63 bits per heavy atom. The van der Waals surface area contributed by atoms with Gasteiger partial charge in [-0.3, -0.25) is 9.78 Å². The van der Waals surface area contributed by atoms with Gasteiger partial charge in [-0.25, -0.2) is 0 Å². The van der Waals surface area contributed by atoms with Gasteiger partial charge in [0.05, 0.1) is 5.54 Å². The summed E-state index contributed by atoms with van der Waals surface area (Å²) >= 11 is 0. The first-order chi connectivity index (χ1) is 9.04. The van der Waals surface area contributed by atoms with Gasteiger partial charge < -0.3 is 10.6 Å². The average Bonchev–Trinajstić information content (AvgIpc) is 3.20. The van der Waals surface area contributed by atoms with Crippen molar-refractivity contribution in [2.45, 2.75) is 57.7 Å². The Morgan fingerprint density at radius 1 is 1.47 bits per heavy atom. The summed E-state index contributed by atoms with van der Waals surface area (Å²) in [4.78, 5) is 18.6. The Balaban J connectivity index is 2.10. The van der Waals surface area contributed by atoms with Gasteiger partial charge in [-0.15, -0.1) is 0 Å². The van der Waals surface area contributed by atoms with Crippen molar-refractivity contribution < 1.29 is 4.79 Å². The molecule has 1 aromatic heterocycles. The molecule has 0 saturated heterocycles. The zero-order chi connectivity index (χ0) is 13.9. The molecule has 2 N–H and O–H groups in total. The fourth-order valence-corrected chi connectivity index (χ4v) is 2.39. The molecule has 1 aliphatic carbocycles. The van der Waals surface area contributed by atoms with Crippen LogP contribution in [-0.4, -0.2) is 27.4 Å². The van der Waals surface area contributed by atoms with Crippen LogP contribution in [0, 0.1) is 0 Å². The van der Waals surface area contributed by atoms with Gasteiger partial charge in [0.1, 0.15) is 0 Å². The molecule has 1 atom stereocenters. The van der Waals surface area contributed by atoms with Gasteiger partial charge in [0.2, 0.25) is 5.91 Å². The van der Waals surface area contributed by atoms with Crippen LogP contribution in [-0.2, 0) is 11.3 Å². The van der Waals surface area contributed by atoms with E-state index in [-0.39, 0.29) is 5.91 Å². The minimum atomic E-state index is -0.746. The summed E-state index contributed by atoms with van der Waals surface area (Å²) < 4.78 is 0. The second-order valence-corrected chi connectivity index (χ2v) is 5.69. The molecule has 104 valence electrons. The standard InChI is InChI=1S/C15H23N3O/c1-3-8-15(2,16)14(19)18(13-4-5-13)11-12-6-9-17-10-7-12/h6-7,9-10,13H,3-5,8,11,16H2,1-2H3. The summed E-state index contributed by atoms with van der Waals surface area (Å²) in [5.41, 5.74) is 6.56. The van der Waals surface area contributed by atoms with Crippen LogP contribution in [0.5, 0.6) is 0 Å². The summed E-state index contributed by atoms with van der Waals surface area (Å²) in [7, 11) is 0. The molecule has 0 spiro atoms. The largest absolute Gasteiger partial charge is 0.334 e. The van der Waals surface area contributed by atoms with Gasteiger partial charge in [-0.1, -0.05) is 13.3 Å². The average molecular weight is 261 g/mol. The van der Waals surface area contributed by atoms with E-state index in [1.807, 2.05) is 24.0 Å². The van der Waals surface area contributed by atoms with Gasteiger partial charge in [-0.05, 0) is 43.9 Å². The van der Waals surface area contributed by atoms with Crippen LogP contribution in [0.2, 0.25) is 0 Å². The topological polar surface area (TPSA) is 59.2 Å². The normalized spacial score (nSPS) is 17.8. The lowest BCUT2D eigenvalue weighted by Crippen LogP contribution is -2.53. The number of nitrogens with two attached hydrogens (primary N) is 1. The summed E-state index contributed by atoms with van der Waals surface area (Å²) in [5, 5.41) is 0. The number of carbonyl (C=O) groups excluding carboxylic acids is 1. The Labute approximate surface area is 115 Å². The smallest absolute Gasteiger partial charge is 0.242 e. The monoisotopic (exact) mass is 261 g/mol. The van der Waals surface area contributed by atoms with Crippen molar-refractivity contribution in [2.75, 3.05) is 0 Å². The van der Waals surface area contributed by atoms with E-state index in [2.05, 4.69) is 11.9 Å². The molecule has 1 aromatic rings. The number of nitrogens with zero attached hydrogens (tertiary/aromatic N) is 2. The highest BCUT2D eigenvalue weighted by Gasteiger charge is 2.39. The van der Waals surface area contributed by atoms with Crippen molar-refractivity contribution in [2.24, 2.45) is 5.73 Å². The Morgan fingerprint density at radius 2 is 2.11 bits per heavy atom. The Bertz CT molecular complexity index is 426. The third-order valence-electron chi connectivity index (χ3n) is 3.61. The number of hydrogen-bond donors (Lipinski definition) is 1. The van der Waals surface area contributed by atoms with E-state index in [1.54, 1.807) is 12.4 Å². The quantitative estimate of drug-likeness (QED) is 0.853. The van der Waals surface area contributed by atoms with Gasteiger partial charge in [0.15, 0.2) is 0 Å². The second kappa shape index (κ2) is 5.70. The van der Waals surface area contributed by atoms with Crippen molar-refractivity contribution >= 4 is 5.91 Å². The molecule has 1 unspecified atom stereocenters. The molecule has 2 rings (SSSR count). The summed E-state index contributed by atoms with van der Waals surface area (Å²) in [5.74, 6) is 0.0775. The van der Waals surface area contributed by atoms with Gasteiger partial charge in [-0.2, -0.15) is 0 Å². The highest BCUT2D eigenvalue weighted by Crippen LogP contribution is 2.30. The molecule has 4 heteroatoms. The summed E-state index contributed by atoms with van der Waals surface area (Å²) in [6.45, 7) is 4.55. The molecule has 1 saturated carbocycles.